The number of aliphatic carboxylic acids is 1. The minimum absolute atomic E-state index is 0.0755. The molecule has 0 bridgehead atoms. The van der Waals surface area contributed by atoms with Crippen LogP contribution in [0.1, 0.15) is 64.6 Å². The zero-order chi connectivity index (χ0) is 26.9. The molecule has 0 aliphatic heterocycles. The highest BCUT2D eigenvalue weighted by Crippen LogP contribution is 2.29. The van der Waals surface area contributed by atoms with Gasteiger partial charge in [-0.05, 0) is 35.3 Å². The zero-order valence-corrected chi connectivity index (χ0v) is 22.1. The van der Waals surface area contributed by atoms with E-state index in [1.165, 1.54) is 11.0 Å². The van der Waals surface area contributed by atoms with Gasteiger partial charge in [0.15, 0.2) is 0 Å². The van der Waals surface area contributed by atoms with Crippen molar-refractivity contribution in [2.24, 2.45) is 23.2 Å². The van der Waals surface area contributed by atoms with E-state index in [2.05, 4.69) is 11.9 Å². The molecule has 0 spiro atoms. The Morgan fingerprint density at radius 2 is 1.44 bits per heavy atom. The van der Waals surface area contributed by atoms with Gasteiger partial charge in [-0.25, -0.2) is 4.79 Å². The molecule has 6 heteroatoms. The number of allylic oxidation sites excluding steroid dienone is 1. The molecule has 0 aliphatic rings. The highest BCUT2D eigenvalue weighted by Gasteiger charge is 2.39. The van der Waals surface area contributed by atoms with Crippen LogP contribution >= 0.6 is 0 Å². The Morgan fingerprint density at radius 3 is 1.83 bits per heavy atom. The lowest BCUT2D eigenvalue weighted by atomic mass is 9.82. The van der Waals surface area contributed by atoms with Crippen LogP contribution in [0.15, 0.2) is 73.3 Å². The molecular formula is C30H40N2O4. The summed E-state index contributed by atoms with van der Waals surface area (Å²) < 4.78 is 0. The third-order valence-corrected chi connectivity index (χ3v) is 5.94. The van der Waals surface area contributed by atoms with Crippen LogP contribution in [0.5, 0.6) is 0 Å². The molecular weight excluding hydrogens is 452 g/mol. The van der Waals surface area contributed by atoms with Crippen LogP contribution in [0, 0.1) is 23.2 Å². The van der Waals surface area contributed by atoms with Crippen molar-refractivity contribution in [1.82, 2.24) is 10.2 Å². The maximum Gasteiger partial charge on any atom is 0.324 e. The standard InChI is InChI=1S/C30H40N2O4/c1-7-14-24(28(34)35)25(19-21(2)3)27(33)32(20-30(4,5)6)29(36)31-26(22-15-10-8-11-16-22)23-17-12-9-13-18-23/h7-13,15-18,21,24-26H,1,14,19-20H2,2-6H3,(H,31,36)(H,34,35)/t24-,25?/m0/s1. The number of carbonyl (C=O) groups excluding carboxylic acids is 2. The predicted octanol–water partition coefficient (Wildman–Crippen LogP) is 6.30. The summed E-state index contributed by atoms with van der Waals surface area (Å²) in [7, 11) is 0. The molecule has 0 radical (unpaired) electrons. The number of nitrogens with zero attached hydrogens (tertiary/aromatic N) is 1. The highest BCUT2D eigenvalue weighted by molar-refractivity contribution is 5.97. The molecule has 2 atom stereocenters. The maximum atomic E-state index is 13.9. The normalized spacial score (nSPS) is 13.2. The molecule has 1 unspecified atom stereocenters. The molecule has 0 saturated heterocycles. The van der Waals surface area contributed by atoms with Crippen LogP contribution in [0.25, 0.3) is 0 Å². The number of benzene rings is 2. The number of imide groups is 1. The SMILES string of the molecule is C=CC[C@H](C(=O)O)C(CC(C)C)C(=O)N(CC(C)(C)C)C(=O)NC(c1ccccc1)c1ccccc1. The number of nitrogens with one attached hydrogen (secondary N) is 1. The second-order valence-electron chi connectivity index (χ2n) is 10.9. The highest BCUT2D eigenvalue weighted by atomic mass is 16.4. The van der Waals surface area contributed by atoms with Crippen molar-refractivity contribution < 1.29 is 19.5 Å². The van der Waals surface area contributed by atoms with E-state index >= 15 is 0 Å². The summed E-state index contributed by atoms with van der Waals surface area (Å²) in [4.78, 5) is 41.1. The van der Waals surface area contributed by atoms with Crippen LogP contribution in [-0.4, -0.2) is 34.5 Å². The molecule has 2 aromatic rings. The van der Waals surface area contributed by atoms with E-state index in [4.69, 9.17) is 0 Å². The molecule has 3 amide bonds. The molecule has 0 saturated carbocycles. The van der Waals surface area contributed by atoms with E-state index in [1.54, 1.807) is 0 Å². The summed E-state index contributed by atoms with van der Waals surface area (Å²) in [5.74, 6) is -3.25. The first-order valence-electron chi connectivity index (χ1n) is 12.5. The largest absolute Gasteiger partial charge is 0.481 e. The van der Waals surface area contributed by atoms with Crippen molar-refractivity contribution in [2.75, 3.05) is 6.54 Å². The van der Waals surface area contributed by atoms with Crippen molar-refractivity contribution >= 4 is 17.9 Å². The van der Waals surface area contributed by atoms with Gasteiger partial charge in [-0.1, -0.05) is 101 Å². The first kappa shape index (κ1) is 28.8. The van der Waals surface area contributed by atoms with Crippen molar-refractivity contribution in [2.45, 2.75) is 53.5 Å². The van der Waals surface area contributed by atoms with Gasteiger partial charge in [-0.2, -0.15) is 0 Å². The molecule has 194 valence electrons. The number of rotatable bonds is 11. The lowest BCUT2D eigenvalue weighted by Gasteiger charge is -2.34. The van der Waals surface area contributed by atoms with Gasteiger partial charge in [0.25, 0.3) is 0 Å². The number of hydrogen-bond donors (Lipinski definition) is 2. The van der Waals surface area contributed by atoms with E-state index in [0.717, 1.165) is 11.1 Å². The molecule has 36 heavy (non-hydrogen) atoms. The van der Waals surface area contributed by atoms with Crippen molar-refractivity contribution in [1.29, 1.82) is 0 Å². The number of amides is 3. The lowest BCUT2D eigenvalue weighted by molar-refractivity contribution is -0.150. The summed E-state index contributed by atoms with van der Waals surface area (Å²) in [6, 6.07) is 18.1. The molecule has 0 fully saturated rings. The fourth-order valence-corrected chi connectivity index (χ4v) is 4.34. The van der Waals surface area contributed by atoms with Gasteiger partial charge in [0.05, 0.1) is 17.9 Å². The first-order chi connectivity index (χ1) is 16.9. The Hall–Kier alpha value is -3.41. The number of hydrogen-bond acceptors (Lipinski definition) is 3. The fourth-order valence-electron chi connectivity index (χ4n) is 4.34. The second-order valence-corrected chi connectivity index (χ2v) is 10.9. The Balaban J connectivity index is 2.49. The predicted molar refractivity (Wildman–Crippen MR) is 143 cm³/mol. The number of carboxylic acid groups (broad SMARTS) is 1. The Kier molecular flexibility index (Phi) is 10.5. The summed E-state index contributed by atoms with van der Waals surface area (Å²) in [5, 5.41) is 13.0. The quantitative estimate of drug-likeness (QED) is 0.360. The van der Waals surface area contributed by atoms with Crippen molar-refractivity contribution in [3.05, 3.63) is 84.4 Å². The monoisotopic (exact) mass is 492 g/mol. The number of urea groups is 1. The van der Waals surface area contributed by atoms with Gasteiger partial charge < -0.3 is 10.4 Å². The third kappa shape index (κ3) is 8.36. The van der Waals surface area contributed by atoms with E-state index in [9.17, 15) is 19.5 Å². The van der Waals surface area contributed by atoms with Gasteiger partial charge in [0.1, 0.15) is 0 Å². The average Bonchev–Trinajstić information content (AvgIpc) is 2.82. The van der Waals surface area contributed by atoms with Crippen molar-refractivity contribution in [3.63, 3.8) is 0 Å². The lowest BCUT2D eigenvalue weighted by Crippen LogP contribution is -2.52. The molecule has 0 heterocycles. The van der Waals surface area contributed by atoms with Gasteiger partial charge in [-0.15, -0.1) is 6.58 Å². The smallest absolute Gasteiger partial charge is 0.324 e. The summed E-state index contributed by atoms with van der Waals surface area (Å²) in [6.07, 6.45) is 2.03. The van der Waals surface area contributed by atoms with Gasteiger partial charge in [0.2, 0.25) is 5.91 Å². The minimum atomic E-state index is -1.06. The zero-order valence-electron chi connectivity index (χ0n) is 22.1. The van der Waals surface area contributed by atoms with Gasteiger partial charge in [-0.3, -0.25) is 14.5 Å². The van der Waals surface area contributed by atoms with E-state index in [-0.39, 0.29) is 24.3 Å². The van der Waals surface area contributed by atoms with Crippen molar-refractivity contribution in [3.8, 4) is 0 Å². The number of carboxylic acids is 1. The average molecular weight is 493 g/mol. The third-order valence-electron chi connectivity index (χ3n) is 5.94. The summed E-state index contributed by atoms with van der Waals surface area (Å²) in [5.41, 5.74) is 1.38. The van der Waals surface area contributed by atoms with Gasteiger partial charge in [0, 0.05) is 6.54 Å². The Morgan fingerprint density at radius 1 is 0.944 bits per heavy atom. The topological polar surface area (TPSA) is 86.7 Å². The molecule has 2 aromatic carbocycles. The molecule has 2 rings (SSSR count). The Bertz CT molecular complexity index is 973. The van der Waals surface area contributed by atoms with E-state index < -0.39 is 35.8 Å². The molecule has 2 N–H and O–H groups in total. The second kappa shape index (κ2) is 13.1. The van der Waals surface area contributed by atoms with Crippen LogP contribution in [0.2, 0.25) is 0 Å². The first-order valence-corrected chi connectivity index (χ1v) is 12.5. The Labute approximate surface area is 215 Å². The van der Waals surface area contributed by atoms with Gasteiger partial charge >= 0.3 is 12.0 Å². The summed E-state index contributed by atoms with van der Waals surface area (Å²) in [6.45, 7) is 13.6. The molecule has 6 nitrogen and oxygen atoms in total. The maximum absolute atomic E-state index is 13.9. The molecule has 0 aromatic heterocycles. The van der Waals surface area contributed by atoms with Crippen LogP contribution in [0.4, 0.5) is 4.79 Å². The van der Waals surface area contributed by atoms with E-state index in [0.29, 0.717) is 6.42 Å². The van der Waals surface area contributed by atoms with E-state index in [1.807, 2.05) is 95.3 Å². The fraction of sp³-hybridized carbons (Fsp3) is 0.433. The summed E-state index contributed by atoms with van der Waals surface area (Å²) >= 11 is 0. The minimum Gasteiger partial charge on any atom is -0.481 e. The number of carbonyl (C=O) groups is 3. The van der Waals surface area contributed by atoms with Crippen LogP contribution < -0.4 is 5.32 Å². The van der Waals surface area contributed by atoms with Crippen LogP contribution in [-0.2, 0) is 9.59 Å². The van der Waals surface area contributed by atoms with Crippen LogP contribution in [0.3, 0.4) is 0 Å². The molecule has 0 aliphatic carbocycles.